The molecule has 7 nitrogen and oxygen atoms in total. The molecule has 9 heteroatoms. The first-order chi connectivity index (χ1) is 18.8. The number of amides is 1. The monoisotopic (exact) mass is 605 g/mol. The van der Waals surface area contributed by atoms with Crippen molar-refractivity contribution in [2.45, 2.75) is 25.0 Å². The minimum absolute atomic E-state index is 0.0419. The van der Waals surface area contributed by atoms with E-state index >= 15 is 0 Å². The van der Waals surface area contributed by atoms with E-state index in [1.54, 1.807) is 12.1 Å². The first kappa shape index (κ1) is 28.2. The summed E-state index contributed by atoms with van der Waals surface area (Å²) in [4.78, 5) is 12.8. The molecule has 0 aliphatic heterocycles. The number of carbonyl (C=O) groups excluding carboxylic acids is 1. The van der Waals surface area contributed by atoms with Crippen LogP contribution in [0, 0.1) is 6.92 Å². The van der Waals surface area contributed by atoms with Crippen LogP contribution in [0.25, 0.3) is 0 Å². The third kappa shape index (κ3) is 8.35. The van der Waals surface area contributed by atoms with Crippen LogP contribution in [0.2, 0.25) is 0 Å². The zero-order chi connectivity index (χ0) is 27.7. The van der Waals surface area contributed by atoms with Crippen LogP contribution in [0.3, 0.4) is 0 Å². The summed E-state index contributed by atoms with van der Waals surface area (Å²) in [7, 11) is -3.94. The number of ether oxygens (including phenoxy) is 1. The molecule has 0 bridgehead atoms. The Hall–Kier alpha value is -3.79. The molecule has 4 aromatic carbocycles. The van der Waals surface area contributed by atoms with Gasteiger partial charge in [-0.3, -0.25) is 4.79 Å². The molecule has 0 aliphatic carbocycles. The van der Waals surface area contributed by atoms with Crippen LogP contribution in [0.15, 0.2) is 118 Å². The van der Waals surface area contributed by atoms with Gasteiger partial charge in [0.05, 0.1) is 17.7 Å². The highest BCUT2D eigenvalue weighted by atomic mass is 79.9. The van der Waals surface area contributed by atoms with Crippen molar-refractivity contribution >= 4 is 38.1 Å². The standard InChI is InChI=1S/C30H28BrN3O4S/c1-23-7-9-25(10-8-23)20-34(39(36,37)29-17-13-27(31)14-18-29)21-30(35)33-32-19-24-11-15-28(16-12-24)38-22-26-5-3-2-4-6-26/h2-19H,20-22H2,1H3,(H,33,35)/b32-19-. The largest absolute Gasteiger partial charge is 0.489 e. The fourth-order valence-corrected chi connectivity index (χ4v) is 5.29. The molecule has 0 aromatic heterocycles. The minimum Gasteiger partial charge on any atom is -0.489 e. The molecule has 0 saturated carbocycles. The van der Waals surface area contributed by atoms with Gasteiger partial charge in [0.15, 0.2) is 0 Å². The van der Waals surface area contributed by atoms with E-state index in [-0.39, 0.29) is 11.4 Å². The van der Waals surface area contributed by atoms with Gasteiger partial charge < -0.3 is 4.74 Å². The van der Waals surface area contributed by atoms with Gasteiger partial charge >= 0.3 is 0 Å². The summed E-state index contributed by atoms with van der Waals surface area (Å²) in [5.74, 6) is 0.159. The zero-order valence-corrected chi connectivity index (χ0v) is 23.7. The van der Waals surface area contributed by atoms with Crippen molar-refractivity contribution in [2.75, 3.05) is 6.54 Å². The minimum atomic E-state index is -3.94. The van der Waals surface area contributed by atoms with Crippen LogP contribution >= 0.6 is 15.9 Å². The van der Waals surface area contributed by atoms with Crippen molar-refractivity contribution in [1.82, 2.24) is 9.73 Å². The Morgan fingerprint density at radius 1 is 0.897 bits per heavy atom. The average molecular weight is 607 g/mol. The van der Waals surface area contributed by atoms with E-state index in [2.05, 4.69) is 26.5 Å². The molecule has 0 unspecified atom stereocenters. The van der Waals surface area contributed by atoms with Crippen LogP contribution in [-0.4, -0.2) is 31.4 Å². The van der Waals surface area contributed by atoms with E-state index in [4.69, 9.17) is 4.74 Å². The number of nitrogens with one attached hydrogen (secondary N) is 1. The number of carbonyl (C=O) groups is 1. The molecule has 1 N–H and O–H groups in total. The van der Waals surface area contributed by atoms with Gasteiger partial charge in [0.2, 0.25) is 10.0 Å². The Balaban J connectivity index is 1.39. The highest BCUT2D eigenvalue weighted by molar-refractivity contribution is 9.10. The van der Waals surface area contributed by atoms with E-state index < -0.39 is 22.5 Å². The molecular formula is C30H28BrN3O4S. The molecule has 4 aromatic rings. The first-order valence-electron chi connectivity index (χ1n) is 12.2. The summed E-state index contributed by atoms with van der Waals surface area (Å²) in [5, 5.41) is 4.01. The van der Waals surface area contributed by atoms with Gasteiger partial charge in [0, 0.05) is 11.0 Å². The molecule has 0 atom stereocenters. The average Bonchev–Trinajstić information content (AvgIpc) is 2.94. The van der Waals surface area contributed by atoms with Gasteiger partial charge in [-0.1, -0.05) is 76.1 Å². The summed E-state index contributed by atoms with van der Waals surface area (Å²) in [6.45, 7) is 2.07. The number of aryl methyl sites for hydroxylation is 1. The number of hydrogen-bond acceptors (Lipinski definition) is 5. The van der Waals surface area contributed by atoms with Crippen LogP contribution in [0.5, 0.6) is 5.75 Å². The van der Waals surface area contributed by atoms with Gasteiger partial charge in [-0.15, -0.1) is 0 Å². The molecule has 200 valence electrons. The SMILES string of the molecule is Cc1ccc(CN(CC(=O)N/N=C\c2ccc(OCc3ccccc3)cc2)S(=O)(=O)c2ccc(Br)cc2)cc1. The van der Waals surface area contributed by atoms with Crippen LogP contribution < -0.4 is 10.2 Å². The van der Waals surface area contributed by atoms with Crippen molar-refractivity contribution < 1.29 is 17.9 Å². The number of hydrogen-bond donors (Lipinski definition) is 1. The summed E-state index contributed by atoms with van der Waals surface area (Å²) in [6, 6.07) is 31.0. The second kappa shape index (κ2) is 13.3. The van der Waals surface area contributed by atoms with Crippen LogP contribution in [0.4, 0.5) is 0 Å². The molecule has 0 radical (unpaired) electrons. The molecule has 0 heterocycles. The molecule has 39 heavy (non-hydrogen) atoms. The van der Waals surface area contributed by atoms with Gasteiger partial charge in [-0.2, -0.15) is 9.41 Å². The van der Waals surface area contributed by atoms with Crippen LogP contribution in [0.1, 0.15) is 22.3 Å². The van der Waals surface area contributed by atoms with Crippen LogP contribution in [-0.2, 0) is 28.0 Å². The predicted molar refractivity (Wildman–Crippen MR) is 156 cm³/mol. The quantitative estimate of drug-likeness (QED) is 0.176. The molecule has 1 amide bonds. The highest BCUT2D eigenvalue weighted by Gasteiger charge is 2.27. The number of rotatable bonds is 11. The maximum absolute atomic E-state index is 13.4. The first-order valence-corrected chi connectivity index (χ1v) is 14.4. The molecule has 0 aliphatic rings. The van der Waals surface area contributed by atoms with E-state index in [0.29, 0.717) is 12.4 Å². The maximum atomic E-state index is 13.4. The number of hydrazone groups is 1. The van der Waals surface area contributed by atoms with Crippen molar-refractivity contribution in [2.24, 2.45) is 5.10 Å². The molecular weight excluding hydrogens is 578 g/mol. The summed E-state index contributed by atoms with van der Waals surface area (Å²) in [5.41, 5.74) is 6.09. The third-order valence-electron chi connectivity index (χ3n) is 5.78. The lowest BCUT2D eigenvalue weighted by Crippen LogP contribution is -2.39. The third-order valence-corrected chi connectivity index (χ3v) is 8.12. The fraction of sp³-hybridized carbons (Fsp3) is 0.133. The molecule has 4 rings (SSSR count). The van der Waals surface area contributed by atoms with Crippen molar-refractivity contribution in [3.8, 4) is 5.75 Å². The number of benzene rings is 4. The smallest absolute Gasteiger partial charge is 0.255 e. The molecule has 0 saturated heterocycles. The number of halogens is 1. The topological polar surface area (TPSA) is 88.1 Å². The lowest BCUT2D eigenvalue weighted by Gasteiger charge is -2.21. The van der Waals surface area contributed by atoms with Gasteiger partial charge in [0.1, 0.15) is 12.4 Å². The van der Waals surface area contributed by atoms with Gasteiger partial charge in [0.25, 0.3) is 5.91 Å². The zero-order valence-electron chi connectivity index (χ0n) is 21.3. The van der Waals surface area contributed by atoms with Crippen molar-refractivity contribution in [1.29, 1.82) is 0 Å². The number of sulfonamides is 1. The lowest BCUT2D eigenvalue weighted by atomic mass is 10.1. The Bertz CT molecular complexity index is 1510. The Morgan fingerprint density at radius 3 is 2.23 bits per heavy atom. The van der Waals surface area contributed by atoms with Crippen molar-refractivity contribution in [3.63, 3.8) is 0 Å². The lowest BCUT2D eigenvalue weighted by molar-refractivity contribution is -0.121. The Kier molecular flexibility index (Phi) is 9.64. The summed E-state index contributed by atoms with van der Waals surface area (Å²) < 4.78 is 34.5. The maximum Gasteiger partial charge on any atom is 0.255 e. The predicted octanol–water partition coefficient (Wildman–Crippen LogP) is 5.68. The normalized spacial score (nSPS) is 11.6. The summed E-state index contributed by atoms with van der Waals surface area (Å²) in [6.07, 6.45) is 1.49. The molecule has 0 fully saturated rings. The van der Waals surface area contributed by atoms with Gasteiger partial charge in [-0.05, 0) is 72.1 Å². The Labute approximate surface area is 237 Å². The van der Waals surface area contributed by atoms with E-state index in [1.807, 2.05) is 85.8 Å². The van der Waals surface area contributed by atoms with Gasteiger partial charge in [-0.25, -0.2) is 13.8 Å². The highest BCUT2D eigenvalue weighted by Crippen LogP contribution is 2.21. The number of nitrogens with zero attached hydrogens (tertiary/aromatic N) is 2. The van der Waals surface area contributed by atoms with E-state index in [9.17, 15) is 13.2 Å². The second-order valence-corrected chi connectivity index (χ2v) is 11.7. The van der Waals surface area contributed by atoms with E-state index in [0.717, 1.165) is 31.0 Å². The van der Waals surface area contributed by atoms with Crippen molar-refractivity contribution in [3.05, 3.63) is 130 Å². The second-order valence-electron chi connectivity index (χ2n) is 8.85. The summed E-state index contributed by atoms with van der Waals surface area (Å²) >= 11 is 3.32. The molecule has 0 spiro atoms. The fourth-order valence-electron chi connectivity index (χ4n) is 3.64. The Morgan fingerprint density at radius 2 is 1.56 bits per heavy atom. The van der Waals surface area contributed by atoms with E-state index in [1.165, 1.54) is 18.3 Å².